The smallest absolute Gasteiger partial charge is 0.269 e. The number of hydrogen-bond acceptors (Lipinski definition) is 2. The minimum Gasteiger partial charge on any atom is -0.285 e. The zero-order valence-corrected chi connectivity index (χ0v) is 11.5. The number of benzene rings is 2. The van der Waals surface area contributed by atoms with Crippen molar-refractivity contribution in [2.45, 2.75) is 26.5 Å². The molecule has 0 aromatic heterocycles. The van der Waals surface area contributed by atoms with E-state index in [2.05, 4.69) is 13.0 Å². The van der Waals surface area contributed by atoms with Crippen LogP contribution < -0.4 is 0 Å². The van der Waals surface area contributed by atoms with Gasteiger partial charge in [-0.05, 0) is 59.9 Å². The average Bonchev–Trinajstić information content (AvgIpc) is 2.20. The van der Waals surface area contributed by atoms with Crippen LogP contribution in [0.15, 0.2) is 24.3 Å². The second kappa shape index (κ2) is 4.37. The van der Waals surface area contributed by atoms with Crippen molar-refractivity contribution in [1.29, 1.82) is 0 Å². The summed E-state index contributed by atoms with van der Waals surface area (Å²) in [4.78, 5) is 0. The summed E-state index contributed by atoms with van der Waals surface area (Å²) in [5.41, 5.74) is 3.91. The molecule has 0 saturated carbocycles. The van der Waals surface area contributed by atoms with Crippen molar-refractivity contribution >= 4 is 20.9 Å². The molecule has 3 nitrogen and oxygen atoms in total. The van der Waals surface area contributed by atoms with Crippen LogP contribution in [0.3, 0.4) is 0 Å². The molecular formula is C14H16O3S. The second-order valence-corrected chi connectivity index (χ2v) is 6.24. The predicted molar refractivity (Wildman–Crippen MR) is 73.4 cm³/mol. The fraction of sp³-hybridized carbons (Fsp3) is 0.286. The van der Waals surface area contributed by atoms with Gasteiger partial charge in [-0.25, -0.2) is 0 Å². The maximum absolute atomic E-state index is 11.0. The van der Waals surface area contributed by atoms with E-state index in [0.29, 0.717) is 5.56 Å². The molecule has 0 aliphatic rings. The highest BCUT2D eigenvalue weighted by Gasteiger charge is 2.10. The van der Waals surface area contributed by atoms with Gasteiger partial charge in [-0.3, -0.25) is 4.55 Å². The minimum absolute atomic E-state index is 0.332. The molecule has 0 atom stereocenters. The summed E-state index contributed by atoms with van der Waals surface area (Å²) in [5, 5.41) is 2.09. The maximum Gasteiger partial charge on any atom is 0.269 e. The van der Waals surface area contributed by atoms with Crippen molar-refractivity contribution in [3.8, 4) is 0 Å². The lowest BCUT2D eigenvalue weighted by Crippen LogP contribution is -2.03. The maximum atomic E-state index is 11.0. The van der Waals surface area contributed by atoms with E-state index in [0.717, 1.165) is 16.3 Å². The van der Waals surface area contributed by atoms with Crippen molar-refractivity contribution < 1.29 is 13.0 Å². The van der Waals surface area contributed by atoms with E-state index in [-0.39, 0.29) is 5.75 Å². The van der Waals surface area contributed by atoms with Crippen molar-refractivity contribution in [2.24, 2.45) is 0 Å². The Kier molecular flexibility index (Phi) is 3.17. The first kappa shape index (κ1) is 13.1. The third kappa shape index (κ3) is 2.71. The molecular weight excluding hydrogens is 248 g/mol. The molecule has 0 unspecified atom stereocenters. The Morgan fingerprint density at radius 1 is 0.889 bits per heavy atom. The molecule has 0 spiro atoms. The Bertz CT molecular complexity index is 715. The summed E-state index contributed by atoms with van der Waals surface area (Å²) >= 11 is 0. The highest BCUT2D eigenvalue weighted by atomic mass is 32.2. The van der Waals surface area contributed by atoms with Gasteiger partial charge in [0.25, 0.3) is 10.1 Å². The Labute approximate surface area is 107 Å². The zero-order chi connectivity index (χ0) is 13.5. The molecule has 0 amide bonds. The first-order valence-corrected chi connectivity index (χ1v) is 7.33. The van der Waals surface area contributed by atoms with Crippen LogP contribution in [-0.4, -0.2) is 13.0 Å². The van der Waals surface area contributed by atoms with Gasteiger partial charge in [0.1, 0.15) is 5.75 Å². The standard InChI is InChI=1S/C14H16O3S/c1-9-4-12-6-11(3)14(8-18(15,16)17)7-13(12)5-10(9)2/h4-7H,8H2,1-3H3,(H,15,16,17). The molecule has 4 heteroatoms. The quantitative estimate of drug-likeness (QED) is 0.848. The average molecular weight is 264 g/mol. The molecule has 2 aromatic carbocycles. The van der Waals surface area contributed by atoms with Gasteiger partial charge in [-0.1, -0.05) is 18.2 Å². The largest absolute Gasteiger partial charge is 0.285 e. The van der Waals surface area contributed by atoms with Gasteiger partial charge in [0.05, 0.1) is 0 Å². The van der Waals surface area contributed by atoms with E-state index in [1.165, 1.54) is 11.1 Å². The van der Waals surface area contributed by atoms with Crippen LogP contribution in [0.2, 0.25) is 0 Å². The Morgan fingerprint density at radius 3 is 1.83 bits per heavy atom. The van der Waals surface area contributed by atoms with Gasteiger partial charge in [-0.2, -0.15) is 8.42 Å². The van der Waals surface area contributed by atoms with Gasteiger partial charge >= 0.3 is 0 Å². The number of fused-ring (bicyclic) bond motifs is 1. The van der Waals surface area contributed by atoms with Crippen molar-refractivity contribution in [1.82, 2.24) is 0 Å². The SMILES string of the molecule is Cc1cc2cc(C)c(CS(=O)(=O)O)cc2cc1C. The van der Waals surface area contributed by atoms with E-state index in [1.54, 1.807) is 0 Å². The molecule has 2 rings (SSSR count). The highest BCUT2D eigenvalue weighted by Crippen LogP contribution is 2.24. The molecule has 0 radical (unpaired) electrons. The van der Waals surface area contributed by atoms with E-state index in [4.69, 9.17) is 4.55 Å². The zero-order valence-electron chi connectivity index (χ0n) is 10.7. The van der Waals surface area contributed by atoms with Crippen molar-refractivity contribution in [3.05, 3.63) is 46.5 Å². The summed E-state index contributed by atoms with van der Waals surface area (Å²) in [7, 11) is -3.99. The van der Waals surface area contributed by atoms with Crippen LogP contribution in [0.5, 0.6) is 0 Å². The topological polar surface area (TPSA) is 54.4 Å². The van der Waals surface area contributed by atoms with E-state index >= 15 is 0 Å². The molecule has 2 aromatic rings. The van der Waals surface area contributed by atoms with Crippen LogP contribution in [0.1, 0.15) is 22.3 Å². The summed E-state index contributed by atoms with van der Waals surface area (Å²) in [6.07, 6.45) is 0. The van der Waals surface area contributed by atoms with Gasteiger partial charge in [0.2, 0.25) is 0 Å². The molecule has 0 fully saturated rings. The highest BCUT2D eigenvalue weighted by molar-refractivity contribution is 7.85. The van der Waals surface area contributed by atoms with Crippen molar-refractivity contribution in [2.75, 3.05) is 0 Å². The first-order chi connectivity index (χ1) is 8.26. The lowest BCUT2D eigenvalue weighted by molar-refractivity contribution is 0.482. The molecule has 0 aliphatic heterocycles. The van der Waals surface area contributed by atoms with E-state index < -0.39 is 10.1 Å². The number of aryl methyl sites for hydroxylation is 3. The van der Waals surface area contributed by atoms with Crippen LogP contribution >= 0.6 is 0 Å². The molecule has 18 heavy (non-hydrogen) atoms. The molecule has 1 N–H and O–H groups in total. The molecule has 0 bridgehead atoms. The van der Waals surface area contributed by atoms with Gasteiger partial charge < -0.3 is 0 Å². The Morgan fingerprint density at radius 2 is 1.33 bits per heavy atom. The summed E-state index contributed by atoms with van der Waals surface area (Å²) in [6, 6.07) is 7.93. The van der Waals surface area contributed by atoms with Crippen LogP contribution in [0, 0.1) is 20.8 Å². The third-order valence-corrected chi connectivity index (χ3v) is 3.92. The van der Waals surface area contributed by atoms with Crippen LogP contribution in [0.4, 0.5) is 0 Å². The molecule has 0 aliphatic carbocycles. The summed E-state index contributed by atoms with van der Waals surface area (Å²) in [6.45, 7) is 5.93. The van der Waals surface area contributed by atoms with Crippen molar-refractivity contribution in [3.63, 3.8) is 0 Å². The molecule has 0 heterocycles. The van der Waals surface area contributed by atoms with E-state index in [9.17, 15) is 8.42 Å². The summed E-state index contributed by atoms with van der Waals surface area (Å²) < 4.78 is 30.9. The fourth-order valence-electron chi connectivity index (χ4n) is 2.09. The van der Waals surface area contributed by atoms with Crippen LogP contribution in [-0.2, 0) is 15.9 Å². The predicted octanol–water partition coefficient (Wildman–Crippen LogP) is 3.15. The van der Waals surface area contributed by atoms with Gasteiger partial charge in [0.15, 0.2) is 0 Å². The minimum atomic E-state index is -3.99. The number of rotatable bonds is 2. The lowest BCUT2D eigenvalue weighted by atomic mass is 9.98. The Hall–Kier alpha value is -1.39. The van der Waals surface area contributed by atoms with E-state index in [1.807, 2.05) is 32.0 Å². The lowest BCUT2D eigenvalue weighted by Gasteiger charge is -2.09. The fourth-order valence-corrected chi connectivity index (χ4v) is 2.79. The Balaban J connectivity index is 2.64. The number of hydrogen-bond donors (Lipinski definition) is 1. The van der Waals surface area contributed by atoms with Gasteiger partial charge in [0, 0.05) is 0 Å². The second-order valence-electron chi connectivity index (χ2n) is 4.79. The summed E-state index contributed by atoms with van der Waals surface area (Å²) in [5.74, 6) is -0.332. The first-order valence-electron chi connectivity index (χ1n) is 5.72. The molecule has 96 valence electrons. The monoisotopic (exact) mass is 264 g/mol. The van der Waals surface area contributed by atoms with Gasteiger partial charge in [-0.15, -0.1) is 0 Å². The normalized spacial score (nSPS) is 12.0. The molecule has 0 saturated heterocycles. The third-order valence-electron chi connectivity index (χ3n) is 3.25. The van der Waals surface area contributed by atoms with Crippen LogP contribution in [0.25, 0.3) is 10.8 Å².